The van der Waals surface area contributed by atoms with Crippen LogP contribution in [0.1, 0.15) is 32.8 Å². The summed E-state index contributed by atoms with van der Waals surface area (Å²) in [4.78, 5) is 11.8. The van der Waals surface area contributed by atoms with Gasteiger partial charge < -0.3 is 11.1 Å². The summed E-state index contributed by atoms with van der Waals surface area (Å²) in [5.41, 5.74) is 6.85. The Kier molecular flexibility index (Phi) is 4.90. The summed E-state index contributed by atoms with van der Waals surface area (Å²) in [5.74, 6) is -0.0753. The van der Waals surface area contributed by atoms with E-state index in [0.29, 0.717) is 6.54 Å². The Bertz CT molecular complexity index is 392. The van der Waals surface area contributed by atoms with Crippen LogP contribution < -0.4 is 11.1 Å². The Morgan fingerprint density at radius 2 is 2.22 bits per heavy atom. The van der Waals surface area contributed by atoms with Gasteiger partial charge in [0.15, 0.2) is 0 Å². The van der Waals surface area contributed by atoms with Gasteiger partial charge in [0.25, 0.3) is 0 Å². The zero-order valence-corrected chi connectivity index (χ0v) is 11.7. The highest BCUT2D eigenvalue weighted by atomic mass is 16.2. The summed E-state index contributed by atoms with van der Waals surface area (Å²) in [5, 5.41) is 6.98. The Hall–Kier alpha value is -1.36. The standard InChI is InChI=1S/C13H24N4O/c1-13(2,3)11(14)12(18)15-7-5-6-10-8-16-17(4)9-10/h8-9,11H,5-7,14H2,1-4H3,(H,15,18)/t11-/m1/s1. The second-order valence-electron chi connectivity index (χ2n) is 5.76. The summed E-state index contributed by atoms with van der Waals surface area (Å²) in [6, 6.07) is -0.462. The van der Waals surface area contributed by atoms with Crippen LogP contribution in [0.3, 0.4) is 0 Å². The molecule has 0 bridgehead atoms. The Morgan fingerprint density at radius 3 is 2.72 bits per heavy atom. The molecule has 0 aliphatic heterocycles. The maximum atomic E-state index is 11.8. The molecule has 3 N–H and O–H groups in total. The van der Waals surface area contributed by atoms with E-state index in [0.717, 1.165) is 12.8 Å². The van der Waals surface area contributed by atoms with Gasteiger partial charge in [-0.3, -0.25) is 9.48 Å². The molecule has 0 saturated carbocycles. The molecule has 1 atom stereocenters. The second-order valence-corrected chi connectivity index (χ2v) is 5.76. The lowest BCUT2D eigenvalue weighted by atomic mass is 9.87. The molecule has 1 rings (SSSR count). The van der Waals surface area contributed by atoms with E-state index in [4.69, 9.17) is 5.73 Å². The number of amides is 1. The highest BCUT2D eigenvalue weighted by Gasteiger charge is 2.26. The molecule has 5 heteroatoms. The number of aromatic nitrogens is 2. The van der Waals surface area contributed by atoms with Gasteiger partial charge in [0.1, 0.15) is 0 Å². The van der Waals surface area contributed by atoms with E-state index in [1.807, 2.05) is 40.2 Å². The van der Waals surface area contributed by atoms with Gasteiger partial charge >= 0.3 is 0 Å². The van der Waals surface area contributed by atoms with E-state index in [-0.39, 0.29) is 11.3 Å². The van der Waals surface area contributed by atoms with Gasteiger partial charge in [0, 0.05) is 19.8 Å². The van der Waals surface area contributed by atoms with Crippen molar-refractivity contribution in [3.8, 4) is 0 Å². The Labute approximate surface area is 109 Å². The molecule has 1 heterocycles. The molecule has 1 aromatic rings. The minimum absolute atomic E-state index is 0.0753. The fourth-order valence-corrected chi connectivity index (χ4v) is 1.61. The zero-order chi connectivity index (χ0) is 13.8. The average Bonchev–Trinajstić information content (AvgIpc) is 2.68. The second kappa shape index (κ2) is 6.00. The number of hydrogen-bond donors (Lipinski definition) is 2. The number of carbonyl (C=O) groups excluding carboxylic acids is 1. The lowest BCUT2D eigenvalue weighted by molar-refractivity contribution is -0.124. The summed E-state index contributed by atoms with van der Waals surface area (Å²) in [6.07, 6.45) is 5.65. The van der Waals surface area contributed by atoms with Crippen LogP contribution in [0.5, 0.6) is 0 Å². The van der Waals surface area contributed by atoms with E-state index >= 15 is 0 Å². The summed E-state index contributed by atoms with van der Waals surface area (Å²) < 4.78 is 1.78. The van der Waals surface area contributed by atoms with Crippen LogP contribution in [0.25, 0.3) is 0 Å². The molecule has 5 nitrogen and oxygen atoms in total. The van der Waals surface area contributed by atoms with Crippen molar-refractivity contribution in [1.82, 2.24) is 15.1 Å². The minimum Gasteiger partial charge on any atom is -0.355 e. The molecule has 102 valence electrons. The van der Waals surface area contributed by atoms with Gasteiger partial charge in [-0.15, -0.1) is 0 Å². The van der Waals surface area contributed by atoms with Gasteiger partial charge in [-0.25, -0.2) is 0 Å². The molecule has 18 heavy (non-hydrogen) atoms. The van der Waals surface area contributed by atoms with Gasteiger partial charge in [-0.2, -0.15) is 5.10 Å². The van der Waals surface area contributed by atoms with Crippen LogP contribution in [0, 0.1) is 5.41 Å². The van der Waals surface area contributed by atoms with Gasteiger partial charge in [0.05, 0.1) is 12.2 Å². The van der Waals surface area contributed by atoms with Crippen LogP contribution in [-0.2, 0) is 18.3 Å². The van der Waals surface area contributed by atoms with Crippen LogP contribution in [0.15, 0.2) is 12.4 Å². The highest BCUT2D eigenvalue weighted by molar-refractivity contribution is 5.82. The first-order valence-corrected chi connectivity index (χ1v) is 6.31. The molecule has 0 spiro atoms. The molecule has 0 unspecified atom stereocenters. The summed E-state index contributed by atoms with van der Waals surface area (Å²) in [7, 11) is 1.90. The Morgan fingerprint density at radius 1 is 1.56 bits per heavy atom. The third-order valence-electron chi connectivity index (χ3n) is 2.92. The van der Waals surface area contributed by atoms with E-state index in [2.05, 4.69) is 10.4 Å². The van der Waals surface area contributed by atoms with E-state index in [9.17, 15) is 4.79 Å². The van der Waals surface area contributed by atoms with Gasteiger partial charge in [0.2, 0.25) is 5.91 Å². The Balaban J connectivity index is 2.24. The topological polar surface area (TPSA) is 72.9 Å². The largest absolute Gasteiger partial charge is 0.355 e. The van der Waals surface area contributed by atoms with Crippen LogP contribution in [0.2, 0.25) is 0 Å². The summed E-state index contributed by atoms with van der Waals surface area (Å²) >= 11 is 0. The lowest BCUT2D eigenvalue weighted by Gasteiger charge is -2.25. The number of hydrogen-bond acceptors (Lipinski definition) is 3. The van der Waals surface area contributed by atoms with Crippen molar-refractivity contribution < 1.29 is 4.79 Å². The van der Waals surface area contributed by atoms with Crippen LogP contribution in [-0.4, -0.2) is 28.3 Å². The van der Waals surface area contributed by atoms with Crippen molar-refractivity contribution in [2.24, 2.45) is 18.2 Å². The van der Waals surface area contributed by atoms with Crippen molar-refractivity contribution in [3.63, 3.8) is 0 Å². The molecule has 1 aromatic heterocycles. The maximum Gasteiger partial charge on any atom is 0.237 e. The quantitative estimate of drug-likeness (QED) is 0.763. The van der Waals surface area contributed by atoms with Crippen LogP contribution in [0.4, 0.5) is 0 Å². The third kappa shape index (κ3) is 4.49. The first-order chi connectivity index (χ1) is 8.30. The zero-order valence-electron chi connectivity index (χ0n) is 11.7. The first-order valence-electron chi connectivity index (χ1n) is 6.31. The van der Waals surface area contributed by atoms with Crippen LogP contribution >= 0.6 is 0 Å². The minimum atomic E-state index is -0.462. The SMILES string of the molecule is Cn1cc(CCCNC(=O)[C@@H](N)C(C)(C)C)cn1. The molecule has 0 aromatic carbocycles. The highest BCUT2D eigenvalue weighted by Crippen LogP contribution is 2.17. The third-order valence-corrected chi connectivity index (χ3v) is 2.92. The maximum absolute atomic E-state index is 11.8. The van der Waals surface area contributed by atoms with Crippen molar-refractivity contribution in [3.05, 3.63) is 18.0 Å². The van der Waals surface area contributed by atoms with Crippen molar-refractivity contribution in [1.29, 1.82) is 0 Å². The van der Waals surface area contributed by atoms with E-state index in [1.54, 1.807) is 4.68 Å². The predicted octanol–water partition coefficient (Wildman–Crippen LogP) is 0.842. The number of nitrogens with two attached hydrogens (primary N) is 1. The fourth-order valence-electron chi connectivity index (χ4n) is 1.61. The molecule has 0 aliphatic carbocycles. The van der Waals surface area contributed by atoms with Crippen molar-refractivity contribution >= 4 is 5.91 Å². The number of carbonyl (C=O) groups is 1. The molecule has 0 fully saturated rings. The number of rotatable bonds is 5. The number of nitrogens with one attached hydrogen (secondary N) is 1. The molecular formula is C13H24N4O. The van der Waals surface area contributed by atoms with Gasteiger partial charge in [-0.1, -0.05) is 20.8 Å². The summed E-state index contributed by atoms with van der Waals surface area (Å²) in [6.45, 7) is 6.55. The monoisotopic (exact) mass is 252 g/mol. The predicted molar refractivity (Wildman–Crippen MR) is 72.0 cm³/mol. The first kappa shape index (κ1) is 14.7. The molecule has 0 aliphatic rings. The van der Waals surface area contributed by atoms with Crippen molar-refractivity contribution in [2.45, 2.75) is 39.7 Å². The number of aryl methyl sites for hydroxylation is 2. The smallest absolute Gasteiger partial charge is 0.237 e. The molecular weight excluding hydrogens is 228 g/mol. The fraction of sp³-hybridized carbons (Fsp3) is 0.692. The van der Waals surface area contributed by atoms with Gasteiger partial charge in [-0.05, 0) is 23.8 Å². The van der Waals surface area contributed by atoms with E-state index < -0.39 is 6.04 Å². The molecule has 0 radical (unpaired) electrons. The van der Waals surface area contributed by atoms with Crippen molar-refractivity contribution in [2.75, 3.05) is 6.54 Å². The van der Waals surface area contributed by atoms with E-state index in [1.165, 1.54) is 5.56 Å². The normalized spacial score (nSPS) is 13.4. The molecule has 1 amide bonds. The molecule has 0 saturated heterocycles. The number of nitrogens with zero attached hydrogens (tertiary/aromatic N) is 2. The lowest BCUT2D eigenvalue weighted by Crippen LogP contribution is -2.48. The average molecular weight is 252 g/mol.